The number of hydrogen-bond acceptors (Lipinski definition) is 3. The largest absolute Gasteiger partial charge is 0.254 e. The van der Waals surface area contributed by atoms with Crippen LogP contribution >= 0.6 is 0 Å². The third-order valence-electron chi connectivity index (χ3n) is 7.24. The van der Waals surface area contributed by atoms with Crippen LogP contribution in [0.15, 0.2) is 64.7 Å². The van der Waals surface area contributed by atoms with Crippen LogP contribution in [0, 0.1) is 0 Å². The number of nitrogens with zero attached hydrogens (tertiary/aromatic N) is 3. The molecule has 3 nitrogen and oxygen atoms in total. The number of aromatic nitrogens is 1. The fourth-order valence-corrected chi connectivity index (χ4v) is 5.05. The molecule has 1 heterocycles. The van der Waals surface area contributed by atoms with Gasteiger partial charge in [0.15, 0.2) is 0 Å². The first-order valence-electron chi connectivity index (χ1n) is 14.5. The van der Waals surface area contributed by atoms with E-state index >= 15 is 0 Å². The van der Waals surface area contributed by atoms with E-state index < -0.39 is 0 Å². The molecule has 0 aliphatic rings. The fraction of sp³-hybridized carbons (Fsp3) is 0.457. The molecule has 3 rings (SSSR count). The number of pyridine rings is 1. The van der Waals surface area contributed by atoms with Crippen molar-refractivity contribution in [3.63, 3.8) is 0 Å². The van der Waals surface area contributed by atoms with E-state index in [4.69, 9.17) is 15.0 Å². The van der Waals surface area contributed by atoms with Crippen LogP contribution in [0.2, 0.25) is 0 Å². The molecule has 0 aliphatic heterocycles. The number of para-hydroxylation sites is 2. The average molecular weight is 510 g/mol. The van der Waals surface area contributed by atoms with Crippen LogP contribution in [-0.2, 0) is 0 Å². The van der Waals surface area contributed by atoms with Gasteiger partial charge in [0.1, 0.15) is 0 Å². The lowest BCUT2D eigenvalue weighted by Crippen LogP contribution is -2.12. The highest BCUT2D eigenvalue weighted by atomic mass is 14.8. The van der Waals surface area contributed by atoms with Crippen molar-refractivity contribution >= 4 is 22.8 Å². The second-order valence-corrected chi connectivity index (χ2v) is 11.4. The van der Waals surface area contributed by atoms with Gasteiger partial charge in [0, 0.05) is 11.8 Å². The van der Waals surface area contributed by atoms with Crippen molar-refractivity contribution in [2.45, 2.75) is 106 Å². The molecular formula is C35H47N3. The second-order valence-electron chi connectivity index (χ2n) is 11.4. The molecule has 0 unspecified atom stereocenters. The van der Waals surface area contributed by atoms with Crippen LogP contribution in [0.1, 0.15) is 139 Å². The summed E-state index contributed by atoms with van der Waals surface area (Å²) in [7, 11) is 0. The minimum Gasteiger partial charge on any atom is -0.254 e. The minimum absolute atomic E-state index is 0.392. The summed E-state index contributed by atoms with van der Waals surface area (Å²) in [5.41, 5.74) is 11.5. The number of rotatable bonds is 10. The molecule has 0 radical (unpaired) electrons. The number of aliphatic imine (C=N–C) groups is 2. The lowest BCUT2D eigenvalue weighted by Gasteiger charge is -2.19. The highest BCUT2D eigenvalue weighted by Crippen LogP contribution is 2.37. The predicted molar refractivity (Wildman–Crippen MR) is 166 cm³/mol. The van der Waals surface area contributed by atoms with E-state index in [1.165, 1.54) is 22.3 Å². The van der Waals surface area contributed by atoms with E-state index in [1.807, 2.05) is 12.3 Å². The molecule has 0 N–H and O–H groups in total. The van der Waals surface area contributed by atoms with Gasteiger partial charge in [0.2, 0.25) is 0 Å². The maximum Gasteiger partial charge on any atom is 0.0935 e. The molecule has 3 aromatic rings. The van der Waals surface area contributed by atoms with Crippen molar-refractivity contribution < 1.29 is 0 Å². The zero-order chi connectivity index (χ0) is 28.0. The van der Waals surface area contributed by atoms with Crippen LogP contribution in [0.3, 0.4) is 0 Å². The van der Waals surface area contributed by atoms with Crippen molar-refractivity contribution in [3.8, 4) is 0 Å². The van der Waals surface area contributed by atoms with Crippen LogP contribution in [-0.4, -0.2) is 16.4 Å². The summed E-state index contributed by atoms with van der Waals surface area (Å²) in [6, 6.07) is 17.4. The van der Waals surface area contributed by atoms with E-state index in [-0.39, 0.29) is 0 Å². The quantitative estimate of drug-likeness (QED) is 0.250. The van der Waals surface area contributed by atoms with Crippen LogP contribution in [0.5, 0.6) is 0 Å². The lowest BCUT2D eigenvalue weighted by atomic mass is 9.92. The predicted octanol–water partition coefficient (Wildman–Crippen LogP) is 10.6. The summed E-state index contributed by atoms with van der Waals surface area (Å²) in [6.45, 7) is 22.4. The Balaban J connectivity index is 2.28. The summed E-state index contributed by atoms with van der Waals surface area (Å²) in [4.78, 5) is 15.7. The van der Waals surface area contributed by atoms with Gasteiger partial charge in [-0.15, -0.1) is 0 Å². The zero-order valence-corrected chi connectivity index (χ0v) is 25.3. The van der Waals surface area contributed by atoms with E-state index in [1.54, 1.807) is 0 Å². The number of hydrogen-bond donors (Lipinski definition) is 0. The lowest BCUT2D eigenvalue weighted by molar-refractivity contribution is 0.834. The molecule has 2 aromatic carbocycles. The smallest absolute Gasteiger partial charge is 0.0935 e. The fourth-order valence-electron chi connectivity index (χ4n) is 5.05. The molecule has 0 saturated heterocycles. The molecular weight excluding hydrogens is 462 g/mol. The highest BCUT2D eigenvalue weighted by Gasteiger charge is 2.19. The van der Waals surface area contributed by atoms with Crippen molar-refractivity contribution in [1.82, 2.24) is 4.98 Å². The summed E-state index contributed by atoms with van der Waals surface area (Å²) >= 11 is 0. The summed E-state index contributed by atoms with van der Waals surface area (Å²) in [6.07, 6.45) is 3.50. The van der Waals surface area contributed by atoms with Crippen LogP contribution in [0.4, 0.5) is 11.4 Å². The Hall–Kier alpha value is -3.07. The normalized spacial score (nSPS) is 12.9. The maximum atomic E-state index is 5.39. The molecule has 202 valence electrons. The van der Waals surface area contributed by atoms with Gasteiger partial charge in [-0.05, 0) is 70.9 Å². The van der Waals surface area contributed by atoms with Crippen molar-refractivity contribution in [3.05, 3.63) is 88.2 Å². The molecule has 0 saturated carbocycles. The van der Waals surface area contributed by atoms with Gasteiger partial charge in [-0.2, -0.15) is 0 Å². The summed E-state index contributed by atoms with van der Waals surface area (Å²) < 4.78 is 0. The van der Waals surface area contributed by atoms with Gasteiger partial charge < -0.3 is 0 Å². The van der Waals surface area contributed by atoms with Gasteiger partial charge in [-0.3, -0.25) is 15.0 Å². The van der Waals surface area contributed by atoms with E-state index in [0.29, 0.717) is 23.7 Å². The van der Waals surface area contributed by atoms with Gasteiger partial charge >= 0.3 is 0 Å². The molecule has 3 heteroatoms. The molecule has 0 spiro atoms. The summed E-state index contributed by atoms with van der Waals surface area (Å²) in [5, 5.41) is 0. The maximum absolute atomic E-state index is 5.39. The highest BCUT2D eigenvalue weighted by molar-refractivity contribution is 6.12. The van der Waals surface area contributed by atoms with Gasteiger partial charge in [-0.1, -0.05) is 106 Å². The standard InChI is InChI=1S/C35H47N3/c1-11-31(37-33-26(22(3)4)16-13-17-27(33)23(5)6)30-20-15-21-36-35(30)32(12-2)38-34-28(24(7)8)18-14-19-29(34)25(9)10/h13-25H,11-12H2,1-10H3. The Morgan fingerprint density at radius 2 is 0.974 bits per heavy atom. The molecule has 0 atom stereocenters. The molecule has 38 heavy (non-hydrogen) atoms. The molecule has 0 bridgehead atoms. The molecule has 0 fully saturated rings. The molecule has 0 amide bonds. The Labute approximate surface area is 231 Å². The average Bonchev–Trinajstić information content (AvgIpc) is 2.89. The second kappa shape index (κ2) is 13.1. The topological polar surface area (TPSA) is 37.6 Å². The Morgan fingerprint density at radius 1 is 0.579 bits per heavy atom. The van der Waals surface area contributed by atoms with Gasteiger partial charge in [0.05, 0.1) is 28.5 Å². The first kappa shape index (κ1) is 29.5. The Morgan fingerprint density at radius 3 is 1.34 bits per heavy atom. The van der Waals surface area contributed by atoms with Crippen LogP contribution < -0.4 is 0 Å². The van der Waals surface area contributed by atoms with Gasteiger partial charge in [-0.25, -0.2) is 0 Å². The first-order valence-corrected chi connectivity index (χ1v) is 14.5. The minimum atomic E-state index is 0.392. The third-order valence-corrected chi connectivity index (χ3v) is 7.24. The first-order chi connectivity index (χ1) is 18.1. The van der Waals surface area contributed by atoms with Crippen LogP contribution in [0.25, 0.3) is 0 Å². The monoisotopic (exact) mass is 509 g/mol. The Kier molecular flexibility index (Phi) is 10.2. The van der Waals surface area contributed by atoms with Crippen molar-refractivity contribution in [2.24, 2.45) is 9.98 Å². The van der Waals surface area contributed by atoms with E-state index in [0.717, 1.165) is 46.9 Å². The third kappa shape index (κ3) is 6.49. The van der Waals surface area contributed by atoms with Crippen molar-refractivity contribution in [1.29, 1.82) is 0 Å². The van der Waals surface area contributed by atoms with E-state index in [2.05, 4.69) is 112 Å². The number of benzene rings is 2. The van der Waals surface area contributed by atoms with E-state index in [9.17, 15) is 0 Å². The Bertz CT molecular complexity index is 1140. The SMILES string of the molecule is CCC(=Nc1c(C(C)C)cccc1C(C)C)c1cccnc1C(CC)=Nc1c(C(C)C)cccc1C(C)C. The summed E-state index contributed by atoms with van der Waals surface area (Å²) in [5.74, 6) is 1.58. The zero-order valence-electron chi connectivity index (χ0n) is 25.3. The van der Waals surface area contributed by atoms with Gasteiger partial charge in [0.25, 0.3) is 0 Å². The molecule has 1 aromatic heterocycles. The molecule has 0 aliphatic carbocycles. The van der Waals surface area contributed by atoms with Crippen molar-refractivity contribution in [2.75, 3.05) is 0 Å².